The molecule has 0 aliphatic rings. The Bertz CT molecular complexity index is 731. The molecular weight excluding hydrogens is 358 g/mol. The molecule has 0 spiro atoms. The van der Waals surface area contributed by atoms with Crippen molar-refractivity contribution in [3.8, 4) is 0 Å². The third kappa shape index (κ3) is 5.43. The number of carbonyl (C=O) groups excluding carboxylic acids is 2. The molecule has 0 aliphatic carbocycles. The van der Waals surface area contributed by atoms with E-state index in [4.69, 9.17) is 0 Å². The largest absolute Gasteiger partial charge is 0.363 e. The second-order valence-corrected chi connectivity index (χ2v) is 7.22. The van der Waals surface area contributed by atoms with Gasteiger partial charge < -0.3 is 15.5 Å². The van der Waals surface area contributed by atoms with Crippen molar-refractivity contribution in [3.05, 3.63) is 29.8 Å². The summed E-state index contributed by atoms with van der Waals surface area (Å²) in [6.07, 6.45) is 0. The van der Waals surface area contributed by atoms with Gasteiger partial charge in [-0.25, -0.2) is 0 Å². The highest BCUT2D eigenvalue weighted by Gasteiger charge is 2.13. The summed E-state index contributed by atoms with van der Waals surface area (Å²) < 4.78 is 0.727. The van der Waals surface area contributed by atoms with Crippen LogP contribution in [-0.2, 0) is 4.79 Å². The first-order valence-corrected chi connectivity index (χ1v) is 9.70. The monoisotopic (exact) mass is 379 g/mol. The Morgan fingerprint density at radius 1 is 1.24 bits per heavy atom. The van der Waals surface area contributed by atoms with Gasteiger partial charge in [-0.1, -0.05) is 29.2 Å². The number of amides is 2. The Hall–Kier alpha value is -2.13. The van der Waals surface area contributed by atoms with Crippen molar-refractivity contribution in [2.75, 3.05) is 36.5 Å². The molecule has 0 saturated heterocycles. The average Bonchev–Trinajstić information content (AvgIpc) is 3.09. The van der Waals surface area contributed by atoms with Gasteiger partial charge in [0, 0.05) is 31.4 Å². The molecule has 0 aliphatic heterocycles. The Kier molecular flexibility index (Phi) is 7.20. The fraction of sp³-hybridized carbons (Fsp3) is 0.375. The van der Waals surface area contributed by atoms with Crippen LogP contribution in [0.25, 0.3) is 0 Å². The summed E-state index contributed by atoms with van der Waals surface area (Å²) in [6, 6.07) is 6.99. The lowest BCUT2D eigenvalue weighted by atomic mass is 10.1. The van der Waals surface area contributed by atoms with Gasteiger partial charge in [0.05, 0.1) is 5.75 Å². The molecule has 0 atom stereocenters. The predicted molar refractivity (Wildman–Crippen MR) is 103 cm³/mol. The molecule has 0 saturated carbocycles. The molecule has 7 nitrogen and oxygen atoms in total. The molecule has 2 aromatic rings. The van der Waals surface area contributed by atoms with Gasteiger partial charge >= 0.3 is 0 Å². The highest BCUT2D eigenvalue weighted by molar-refractivity contribution is 8.01. The Balaban J connectivity index is 1.94. The van der Waals surface area contributed by atoms with E-state index < -0.39 is 0 Å². The molecule has 2 amide bonds. The van der Waals surface area contributed by atoms with Gasteiger partial charge in [-0.05, 0) is 32.0 Å². The van der Waals surface area contributed by atoms with Crippen molar-refractivity contribution in [1.29, 1.82) is 0 Å². The predicted octanol–water partition coefficient (Wildman–Crippen LogP) is 2.79. The maximum absolute atomic E-state index is 12.4. The topological polar surface area (TPSA) is 87.2 Å². The van der Waals surface area contributed by atoms with Gasteiger partial charge in [0.2, 0.25) is 11.0 Å². The average molecular weight is 380 g/mol. The number of rotatable bonds is 8. The van der Waals surface area contributed by atoms with Crippen molar-refractivity contribution in [1.82, 2.24) is 15.1 Å². The molecule has 1 aromatic carbocycles. The zero-order valence-electron chi connectivity index (χ0n) is 14.4. The minimum atomic E-state index is -0.154. The Morgan fingerprint density at radius 3 is 2.64 bits per heavy atom. The van der Waals surface area contributed by atoms with Crippen LogP contribution in [-0.4, -0.2) is 52.8 Å². The summed E-state index contributed by atoms with van der Waals surface area (Å²) >= 11 is 2.72. The zero-order chi connectivity index (χ0) is 18.2. The quantitative estimate of drug-likeness (QED) is 0.686. The van der Waals surface area contributed by atoms with Gasteiger partial charge in [0.1, 0.15) is 0 Å². The van der Waals surface area contributed by atoms with E-state index >= 15 is 0 Å². The first-order chi connectivity index (χ1) is 12.1. The molecule has 134 valence electrons. The van der Waals surface area contributed by atoms with Crippen molar-refractivity contribution >= 4 is 45.7 Å². The molecule has 2 N–H and O–H groups in total. The van der Waals surface area contributed by atoms with E-state index in [1.807, 2.05) is 13.8 Å². The lowest BCUT2D eigenvalue weighted by Crippen LogP contribution is -2.30. The summed E-state index contributed by atoms with van der Waals surface area (Å²) in [5.74, 6) is 0.0367. The standard InChI is InChI=1S/C16H21N5O2S2/c1-4-21(5-2)14(23)11-7-6-8-12(9-11)18-13(22)10-24-16-20-19-15(17-3)25-16/h6-9H,4-5,10H2,1-3H3,(H,17,19)(H,18,22). The maximum atomic E-state index is 12.4. The summed E-state index contributed by atoms with van der Waals surface area (Å²) in [7, 11) is 1.77. The van der Waals surface area contributed by atoms with Crippen LogP contribution in [0, 0.1) is 0 Å². The third-order valence-corrected chi connectivity index (χ3v) is 5.47. The molecule has 0 unspecified atom stereocenters. The number of hydrogen-bond acceptors (Lipinski definition) is 7. The van der Waals surface area contributed by atoms with E-state index in [-0.39, 0.29) is 17.6 Å². The third-order valence-electron chi connectivity index (χ3n) is 3.39. The minimum Gasteiger partial charge on any atom is -0.363 e. The first-order valence-electron chi connectivity index (χ1n) is 7.90. The lowest BCUT2D eigenvalue weighted by Gasteiger charge is -2.19. The molecule has 0 radical (unpaired) electrons. The van der Waals surface area contributed by atoms with Crippen molar-refractivity contribution in [2.24, 2.45) is 0 Å². The fourth-order valence-electron chi connectivity index (χ4n) is 2.12. The lowest BCUT2D eigenvalue weighted by molar-refractivity contribution is -0.113. The fourth-order valence-corrected chi connectivity index (χ4v) is 3.62. The SMILES string of the molecule is CCN(CC)C(=O)c1cccc(NC(=O)CSc2nnc(NC)s2)c1. The van der Waals surface area contributed by atoms with E-state index in [1.54, 1.807) is 36.2 Å². The van der Waals surface area contributed by atoms with Gasteiger partial charge in [-0.15, -0.1) is 10.2 Å². The number of carbonyl (C=O) groups is 2. The van der Waals surface area contributed by atoms with Crippen LogP contribution in [0.3, 0.4) is 0 Å². The van der Waals surface area contributed by atoms with Crippen LogP contribution in [0.15, 0.2) is 28.6 Å². The van der Waals surface area contributed by atoms with E-state index in [0.717, 1.165) is 4.34 Å². The van der Waals surface area contributed by atoms with Gasteiger partial charge in [-0.2, -0.15) is 0 Å². The number of benzene rings is 1. The second-order valence-electron chi connectivity index (χ2n) is 5.02. The highest BCUT2D eigenvalue weighted by Crippen LogP contribution is 2.25. The molecule has 1 aromatic heterocycles. The van der Waals surface area contributed by atoms with Crippen LogP contribution in [0.4, 0.5) is 10.8 Å². The van der Waals surface area contributed by atoms with Gasteiger partial charge in [0.25, 0.3) is 5.91 Å². The van der Waals surface area contributed by atoms with Crippen LogP contribution < -0.4 is 10.6 Å². The zero-order valence-corrected chi connectivity index (χ0v) is 16.0. The smallest absolute Gasteiger partial charge is 0.253 e. The molecule has 2 rings (SSSR count). The van der Waals surface area contributed by atoms with Crippen LogP contribution >= 0.6 is 23.1 Å². The second kappa shape index (κ2) is 9.38. The van der Waals surface area contributed by atoms with Gasteiger partial charge in [0.15, 0.2) is 4.34 Å². The van der Waals surface area contributed by atoms with Crippen molar-refractivity contribution in [2.45, 2.75) is 18.2 Å². The van der Waals surface area contributed by atoms with Gasteiger partial charge in [-0.3, -0.25) is 9.59 Å². The molecule has 0 fully saturated rings. The van der Waals surface area contributed by atoms with E-state index in [0.29, 0.717) is 29.5 Å². The summed E-state index contributed by atoms with van der Waals surface area (Å²) in [6.45, 7) is 5.19. The number of hydrogen-bond donors (Lipinski definition) is 2. The Labute approximate surface area is 155 Å². The molecule has 9 heteroatoms. The number of thioether (sulfide) groups is 1. The Morgan fingerprint density at radius 2 is 2.00 bits per heavy atom. The summed E-state index contributed by atoms with van der Waals surface area (Å²) in [4.78, 5) is 26.2. The molecule has 1 heterocycles. The van der Waals surface area contributed by atoms with Crippen LogP contribution in [0.5, 0.6) is 0 Å². The number of nitrogens with zero attached hydrogens (tertiary/aromatic N) is 3. The maximum Gasteiger partial charge on any atom is 0.253 e. The van der Waals surface area contributed by atoms with E-state index in [9.17, 15) is 9.59 Å². The molecule has 0 bridgehead atoms. The molecular formula is C16H21N5O2S2. The summed E-state index contributed by atoms with van der Waals surface area (Å²) in [5, 5.41) is 14.3. The first kappa shape index (κ1) is 19.2. The van der Waals surface area contributed by atoms with E-state index in [2.05, 4.69) is 20.8 Å². The van der Waals surface area contributed by atoms with Crippen LogP contribution in [0.1, 0.15) is 24.2 Å². The normalized spacial score (nSPS) is 10.4. The number of anilines is 2. The summed E-state index contributed by atoms with van der Waals surface area (Å²) in [5.41, 5.74) is 1.17. The van der Waals surface area contributed by atoms with Crippen LogP contribution in [0.2, 0.25) is 0 Å². The molecule has 25 heavy (non-hydrogen) atoms. The van der Waals surface area contributed by atoms with Crippen molar-refractivity contribution < 1.29 is 9.59 Å². The van der Waals surface area contributed by atoms with Crippen molar-refractivity contribution in [3.63, 3.8) is 0 Å². The van der Waals surface area contributed by atoms with E-state index in [1.165, 1.54) is 23.1 Å². The number of nitrogens with one attached hydrogen (secondary N) is 2. The highest BCUT2D eigenvalue weighted by atomic mass is 32.2. The number of aromatic nitrogens is 2. The minimum absolute atomic E-state index is 0.0380.